The summed E-state index contributed by atoms with van der Waals surface area (Å²) in [5, 5.41) is 6.75. The molecule has 0 unspecified atom stereocenters. The van der Waals surface area contributed by atoms with Crippen molar-refractivity contribution in [2.24, 2.45) is 0 Å². The number of methoxy groups -OCH3 is 1. The molecular weight excluding hydrogens is 348 g/mol. The fourth-order valence-corrected chi connectivity index (χ4v) is 3.12. The average Bonchev–Trinajstić information content (AvgIpc) is 2.68. The summed E-state index contributed by atoms with van der Waals surface area (Å²) in [6, 6.07) is 16.7. The van der Waals surface area contributed by atoms with E-state index in [1.807, 2.05) is 54.6 Å². The van der Waals surface area contributed by atoms with Crippen LogP contribution in [0.15, 0.2) is 60.2 Å². The first-order chi connectivity index (χ1) is 12.6. The Bertz CT molecular complexity index is 849. The molecule has 0 aromatic heterocycles. The molecule has 1 aliphatic heterocycles. The zero-order chi connectivity index (χ0) is 18.5. The summed E-state index contributed by atoms with van der Waals surface area (Å²) in [5.74, 6) is 0.319. The first-order valence-electron chi connectivity index (χ1n) is 8.32. The maximum Gasteiger partial charge on any atom is 0.338 e. The summed E-state index contributed by atoms with van der Waals surface area (Å²) >= 11 is 5.39. The van der Waals surface area contributed by atoms with E-state index in [-0.39, 0.29) is 5.97 Å². The van der Waals surface area contributed by atoms with Gasteiger partial charge in [0.2, 0.25) is 0 Å². The van der Waals surface area contributed by atoms with Crippen molar-refractivity contribution in [2.75, 3.05) is 13.7 Å². The SMILES string of the molecule is CCOC(=O)C1=C(c2ccccc2)NC(=S)N[C@H]1c1cccc(OC)c1. The monoisotopic (exact) mass is 368 g/mol. The Kier molecular flexibility index (Phi) is 5.53. The van der Waals surface area contributed by atoms with Crippen LogP contribution in [0, 0.1) is 0 Å². The van der Waals surface area contributed by atoms with Crippen molar-refractivity contribution in [3.05, 3.63) is 71.3 Å². The van der Waals surface area contributed by atoms with E-state index in [9.17, 15) is 4.79 Å². The number of benzene rings is 2. The van der Waals surface area contributed by atoms with Gasteiger partial charge >= 0.3 is 5.97 Å². The third-order valence-electron chi connectivity index (χ3n) is 4.06. The van der Waals surface area contributed by atoms with Gasteiger partial charge in [-0.2, -0.15) is 0 Å². The van der Waals surface area contributed by atoms with Crippen LogP contribution in [0.4, 0.5) is 0 Å². The highest BCUT2D eigenvalue weighted by Gasteiger charge is 2.33. The molecule has 1 heterocycles. The lowest BCUT2D eigenvalue weighted by molar-refractivity contribution is -0.138. The van der Waals surface area contributed by atoms with Crippen LogP contribution in [-0.2, 0) is 9.53 Å². The van der Waals surface area contributed by atoms with Gasteiger partial charge in [-0.3, -0.25) is 0 Å². The summed E-state index contributed by atoms with van der Waals surface area (Å²) in [4.78, 5) is 12.8. The van der Waals surface area contributed by atoms with E-state index in [2.05, 4.69) is 10.6 Å². The predicted octanol–water partition coefficient (Wildman–Crippen LogP) is 3.19. The number of carbonyl (C=O) groups is 1. The molecule has 2 aromatic rings. The number of esters is 1. The minimum Gasteiger partial charge on any atom is -0.497 e. The molecule has 134 valence electrons. The third-order valence-corrected chi connectivity index (χ3v) is 4.28. The molecule has 1 atom stereocenters. The number of hydrogen-bond acceptors (Lipinski definition) is 4. The van der Waals surface area contributed by atoms with E-state index in [4.69, 9.17) is 21.7 Å². The van der Waals surface area contributed by atoms with Gasteiger partial charge in [0.25, 0.3) is 0 Å². The number of hydrogen-bond donors (Lipinski definition) is 2. The fraction of sp³-hybridized carbons (Fsp3) is 0.200. The van der Waals surface area contributed by atoms with Crippen molar-refractivity contribution in [2.45, 2.75) is 13.0 Å². The van der Waals surface area contributed by atoms with Crippen molar-refractivity contribution in [1.82, 2.24) is 10.6 Å². The number of rotatable bonds is 5. The molecule has 2 aromatic carbocycles. The van der Waals surface area contributed by atoms with Gasteiger partial charge < -0.3 is 20.1 Å². The second-order valence-corrected chi connectivity index (χ2v) is 6.09. The first-order valence-corrected chi connectivity index (χ1v) is 8.73. The summed E-state index contributed by atoms with van der Waals surface area (Å²) in [6.45, 7) is 2.08. The first kappa shape index (κ1) is 17.9. The lowest BCUT2D eigenvalue weighted by Crippen LogP contribution is -2.45. The smallest absolute Gasteiger partial charge is 0.338 e. The molecule has 0 spiro atoms. The van der Waals surface area contributed by atoms with E-state index in [1.54, 1.807) is 14.0 Å². The van der Waals surface area contributed by atoms with Crippen molar-refractivity contribution < 1.29 is 14.3 Å². The molecule has 26 heavy (non-hydrogen) atoms. The Hall–Kier alpha value is -2.86. The quantitative estimate of drug-likeness (QED) is 0.624. The molecule has 5 nitrogen and oxygen atoms in total. The second-order valence-electron chi connectivity index (χ2n) is 5.68. The minimum atomic E-state index is -0.437. The van der Waals surface area contributed by atoms with Gasteiger partial charge in [0.1, 0.15) is 5.75 Å². The van der Waals surface area contributed by atoms with Crippen molar-refractivity contribution in [3.63, 3.8) is 0 Å². The molecule has 0 bridgehead atoms. The lowest BCUT2D eigenvalue weighted by Gasteiger charge is -2.31. The summed E-state index contributed by atoms with van der Waals surface area (Å²) in [6.07, 6.45) is 0. The number of nitrogens with one attached hydrogen (secondary N) is 2. The van der Waals surface area contributed by atoms with Crippen molar-refractivity contribution >= 4 is 29.0 Å². The van der Waals surface area contributed by atoms with Crippen LogP contribution in [0.3, 0.4) is 0 Å². The van der Waals surface area contributed by atoms with Crippen LogP contribution in [0.2, 0.25) is 0 Å². The molecular formula is C20H20N2O3S. The van der Waals surface area contributed by atoms with Gasteiger partial charge in [-0.1, -0.05) is 42.5 Å². The van der Waals surface area contributed by atoms with E-state index < -0.39 is 6.04 Å². The molecule has 2 N–H and O–H groups in total. The van der Waals surface area contributed by atoms with Crippen LogP contribution in [0.25, 0.3) is 5.70 Å². The summed E-state index contributed by atoms with van der Waals surface area (Å²) < 4.78 is 10.6. The topological polar surface area (TPSA) is 59.6 Å². The van der Waals surface area contributed by atoms with Crippen LogP contribution >= 0.6 is 12.2 Å². The number of ether oxygens (including phenoxy) is 2. The highest BCUT2D eigenvalue weighted by atomic mass is 32.1. The predicted molar refractivity (Wildman–Crippen MR) is 105 cm³/mol. The van der Waals surface area contributed by atoms with Crippen LogP contribution in [-0.4, -0.2) is 24.8 Å². The fourth-order valence-electron chi connectivity index (χ4n) is 2.90. The van der Waals surface area contributed by atoms with Crippen LogP contribution in [0.5, 0.6) is 5.75 Å². The molecule has 0 radical (unpaired) electrons. The minimum absolute atomic E-state index is 0.291. The number of thiocarbonyl (C=S) groups is 1. The van der Waals surface area contributed by atoms with Crippen LogP contribution < -0.4 is 15.4 Å². The average molecular weight is 368 g/mol. The van der Waals surface area contributed by atoms with Gasteiger partial charge in [0.15, 0.2) is 5.11 Å². The Labute approximate surface area is 158 Å². The van der Waals surface area contributed by atoms with Crippen LogP contribution in [0.1, 0.15) is 24.1 Å². The molecule has 0 amide bonds. The molecule has 3 rings (SSSR count). The number of carbonyl (C=O) groups excluding carboxylic acids is 1. The Morgan fingerprint density at radius 2 is 1.92 bits per heavy atom. The molecule has 0 saturated heterocycles. The second kappa shape index (κ2) is 8.01. The highest BCUT2D eigenvalue weighted by molar-refractivity contribution is 7.80. The largest absolute Gasteiger partial charge is 0.497 e. The van der Waals surface area contributed by atoms with Gasteiger partial charge in [-0.25, -0.2) is 4.79 Å². The Balaban J connectivity index is 2.17. The van der Waals surface area contributed by atoms with E-state index in [1.165, 1.54) is 0 Å². The van der Waals surface area contributed by atoms with Gasteiger partial charge in [0, 0.05) is 0 Å². The van der Waals surface area contributed by atoms with Gasteiger partial charge in [0.05, 0.1) is 31.0 Å². The van der Waals surface area contributed by atoms with Gasteiger partial charge in [-0.05, 0) is 42.4 Å². The van der Waals surface area contributed by atoms with Crippen molar-refractivity contribution in [1.29, 1.82) is 0 Å². The molecule has 0 fully saturated rings. The molecule has 0 saturated carbocycles. The third kappa shape index (κ3) is 3.70. The zero-order valence-corrected chi connectivity index (χ0v) is 15.4. The molecule has 0 aliphatic carbocycles. The maximum absolute atomic E-state index is 12.8. The molecule has 1 aliphatic rings. The maximum atomic E-state index is 12.8. The van der Waals surface area contributed by atoms with E-state index in [0.29, 0.717) is 28.7 Å². The summed E-state index contributed by atoms with van der Waals surface area (Å²) in [7, 11) is 1.61. The van der Waals surface area contributed by atoms with Crippen molar-refractivity contribution in [3.8, 4) is 5.75 Å². The zero-order valence-electron chi connectivity index (χ0n) is 14.6. The highest BCUT2D eigenvalue weighted by Crippen LogP contribution is 2.33. The standard InChI is InChI=1S/C20H20N2O3S/c1-3-25-19(23)16-17(13-8-5-4-6-9-13)21-20(26)22-18(16)14-10-7-11-15(12-14)24-2/h4-12,18H,3H2,1-2H3,(H2,21,22,26)/t18-/m0/s1. The lowest BCUT2D eigenvalue weighted by atomic mass is 9.92. The molecule has 6 heteroatoms. The van der Waals surface area contributed by atoms with Gasteiger partial charge in [-0.15, -0.1) is 0 Å². The summed E-state index contributed by atoms with van der Waals surface area (Å²) in [5.41, 5.74) is 2.87. The normalized spacial score (nSPS) is 16.5. The Morgan fingerprint density at radius 3 is 2.62 bits per heavy atom. The van der Waals surface area contributed by atoms with E-state index in [0.717, 1.165) is 11.1 Å². The Morgan fingerprint density at radius 1 is 1.15 bits per heavy atom. The van der Waals surface area contributed by atoms with E-state index >= 15 is 0 Å².